The first-order valence-electron chi connectivity index (χ1n) is 7.26. The van der Waals surface area contributed by atoms with Gasteiger partial charge in [-0.15, -0.1) is 0 Å². The van der Waals surface area contributed by atoms with E-state index in [2.05, 4.69) is 15.1 Å². The second-order valence-electron chi connectivity index (χ2n) is 5.54. The molecule has 8 heteroatoms. The maximum atomic E-state index is 12.2. The minimum atomic E-state index is 0.0841. The molecule has 0 spiro atoms. The molecule has 118 valence electrons. The number of hydrogen-bond acceptors (Lipinski definition) is 4. The number of aromatic nitrogens is 4. The van der Waals surface area contributed by atoms with Crippen LogP contribution in [0.1, 0.15) is 5.56 Å². The molecule has 0 aliphatic carbocycles. The lowest BCUT2D eigenvalue weighted by Gasteiger charge is -2.34. The Bertz CT molecular complexity index is 643. The van der Waals surface area contributed by atoms with Crippen LogP contribution in [0.4, 0.5) is 0 Å². The van der Waals surface area contributed by atoms with Gasteiger partial charge in [0.15, 0.2) is 0 Å². The number of rotatable bonds is 4. The summed E-state index contributed by atoms with van der Waals surface area (Å²) in [4.78, 5) is 16.5. The minimum Gasteiger partial charge on any atom is -0.339 e. The van der Waals surface area contributed by atoms with Crippen molar-refractivity contribution in [3.63, 3.8) is 0 Å². The Labute approximate surface area is 134 Å². The standard InChI is InChI=1S/C14H19ClN6O/c1-18-8-12(6-16-18)9-19-2-4-20(5-3-19)14(22)11-21-10-13(15)7-17-21/h6-8,10H,2-5,9,11H2,1H3. The second-order valence-corrected chi connectivity index (χ2v) is 5.97. The number of halogens is 1. The molecular weight excluding hydrogens is 304 g/mol. The maximum Gasteiger partial charge on any atom is 0.244 e. The molecular formula is C14H19ClN6O. The molecule has 0 N–H and O–H groups in total. The van der Waals surface area contributed by atoms with Gasteiger partial charge in [-0.1, -0.05) is 11.6 Å². The number of piperazine rings is 1. The van der Waals surface area contributed by atoms with Gasteiger partial charge in [-0.2, -0.15) is 10.2 Å². The van der Waals surface area contributed by atoms with Crippen molar-refractivity contribution in [3.8, 4) is 0 Å². The Kier molecular flexibility index (Phi) is 4.44. The van der Waals surface area contributed by atoms with E-state index in [0.717, 1.165) is 32.7 Å². The second kappa shape index (κ2) is 6.50. The highest BCUT2D eigenvalue weighted by atomic mass is 35.5. The summed E-state index contributed by atoms with van der Waals surface area (Å²) in [6, 6.07) is 0. The molecule has 0 bridgehead atoms. The van der Waals surface area contributed by atoms with Crippen molar-refractivity contribution < 1.29 is 4.79 Å². The molecule has 22 heavy (non-hydrogen) atoms. The van der Waals surface area contributed by atoms with Gasteiger partial charge in [0, 0.05) is 57.7 Å². The van der Waals surface area contributed by atoms with Crippen molar-refractivity contribution in [1.29, 1.82) is 0 Å². The van der Waals surface area contributed by atoms with Crippen molar-refractivity contribution in [2.24, 2.45) is 7.05 Å². The molecule has 3 rings (SSSR count). The topological polar surface area (TPSA) is 59.2 Å². The summed E-state index contributed by atoms with van der Waals surface area (Å²) >= 11 is 5.81. The van der Waals surface area contributed by atoms with Gasteiger partial charge in [0.2, 0.25) is 5.91 Å². The molecule has 1 amide bonds. The molecule has 2 aromatic rings. The fourth-order valence-electron chi connectivity index (χ4n) is 2.63. The molecule has 1 fully saturated rings. The van der Waals surface area contributed by atoms with Crippen molar-refractivity contribution in [2.45, 2.75) is 13.1 Å². The fraction of sp³-hybridized carbons (Fsp3) is 0.500. The van der Waals surface area contributed by atoms with Crippen molar-refractivity contribution >= 4 is 17.5 Å². The molecule has 0 radical (unpaired) electrons. The van der Waals surface area contributed by atoms with Gasteiger partial charge in [0.25, 0.3) is 0 Å². The molecule has 1 aliphatic heterocycles. The highest BCUT2D eigenvalue weighted by Crippen LogP contribution is 2.09. The highest BCUT2D eigenvalue weighted by molar-refractivity contribution is 6.30. The van der Waals surface area contributed by atoms with Gasteiger partial charge in [0.1, 0.15) is 6.54 Å². The average Bonchev–Trinajstić information content (AvgIpc) is 3.08. The van der Waals surface area contributed by atoms with Crippen LogP contribution < -0.4 is 0 Å². The average molecular weight is 323 g/mol. The summed E-state index contributed by atoms with van der Waals surface area (Å²) < 4.78 is 3.39. The minimum absolute atomic E-state index is 0.0841. The molecule has 2 aromatic heterocycles. The van der Waals surface area contributed by atoms with E-state index in [4.69, 9.17) is 11.6 Å². The Morgan fingerprint density at radius 3 is 2.55 bits per heavy atom. The largest absolute Gasteiger partial charge is 0.339 e. The van der Waals surface area contributed by atoms with E-state index in [1.165, 1.54) is 5.56 Å². The van der Waals surface area contributed by atoms with Crippen LogP contribution in [-0.4, -0.2) is 61.4 Å². The van der Waals surface area contributed by atoms with E-state index in [1.807, 2.05) is 29.0 Å². The first-order chi connectivity index (χ1) is 10.6. The fourth-order valence-corrected chi connectivity index (χ4v) is 2.79. The molecule has 0 atom stereocenters. The first-order valence-corrected chi connectivity index (χ1v) is 7.63. The van der Waals surface area contributed by atoms with Crippen LogP contribution >= 0.6 is 11.6 Å². The van der Waals surface area contributed by atoms with Gasteiger partial charge in [-0.05, 0) is 0 Å². The lowest BCUT2D eigenvalue weighted by Crippen LogP contribution is -2.49. The summed E-state index contributed by atoms with van der Waals surface area (Å²) in [7, 11) is 1.92. The van der Waals surface area contributed by atoms with Crippen LogP contribution in [0.15, 0.2) is 24.8 Å². The van der Waals surface area contributed by atoms with Crippen LogP contribution in [-0.2, 0) is 24.9 Å². The number of carbonyl (C=O) groups is 1. The van der Waals surface area contributed by atoms with Gasteiger partial charge in [-0.3, -0.25) is 19.1 Å². The summed E-state index contributed by atoms with van der Waals surface area (Å²) in [6.45, 7) is 4.36. The monoisotopic (exact) mass is 322 g/mol. The normalized spacial score (nSPS) is 16.2. The third-order valence-electron chi connectivity index (χ3n) is 3.79. The smallest absolute Gasteiger partial charge is 0.244 e. The van der Waals surface area contributed by atoms with E-state index in [-0.39, 0.29) is 12.5 Å². The van der Waals surface area contributed by atoms with Crippen molar-refractivity contribution in [2.75, 3.05) is 26.2 Å². The zero-order chi connectivity index (χ0) is 15.5. The quantitative estimate of drug-likeness (QED) is 0.828. The molecule has 3 heterocycles. The first kappa shape index (κ1) is 15.1. The predicted molar refractivity (Wildman–Crippen MR) is 82.3 cm³/mol. The number of nitrogens with zero attached hydrogens (tertiary/aromatic N) is 6. The summed E-state index contributed by atoms with van der Waals surface area (Å²) in [5.74, 6) is 0.0841. The molecule has 7 nitrogen and oxygen atoms in total. The van der Waals surface area contributed by atoms with Crippen LogP contribution in [0.5, 0.6) is 0 Å². The Balaban J connectivity index is 1.47. The molecule has 1 saturated heterocycles. The maximum absolute atomic E-state index is 12.2. The van der Waals surface area contributed by atoms with Crippen LogP contribution in [0.3, 0.4) is 0 Å². The molecule has 1 aliphatic rings. The lowest BCUT2D eigenvalue weighted by molar-refractivity contribution is -0.133. The number of carbonyl (C=O) groups excluding carboxylic acids is 1. The van der Waals surface area contributed by atoms with Crippen molar-refractivity contribution in [1.82, 2.24) is 29.4 Å². The molecule has 0 unspecified atom stereocenters. The van der Waals surface area contributed by atoms with E-state index in [0.29, 0.717) is 5.02 Å². The van der Waals surface area contributed by atoms with Crippen LogP contribution in [0, 0.1) is 0 Å². The van der Waals surface area contributed by atoms with E-state index in [1.54, 1.807) is 17.1 Å². The summed E-state index contributed by atoms with van der Waals surface area (Å²) in [5.41, 5.74) is 1.20. The zero-order valence-corrected chi connectivity index (χ0v) is 13.3. The van der Waals surface area contributed by atoms with E-state index >= 15 is 0 Å². The Morgan fingerprint density at radius 1 is 1.18 bits per heavy atom. The van der Waals surface area contributed by atoms with Gasteiger partial charge >= 0.3 is 0 Å². The van der Waals surface area contributed by atoms with Crippen LogP contribution in [0.25, 0.3) is 0 Å². The predicted octanol–water partition coefficient (Wildman–Crippen LogP) is 0.614. The highest BCUT2D eigenvalue weighted by Gasteiger charge is 2.21. The van der Waals surface area contributed by atoms with Gasteiger partial charge in [0.05, 0.1) is 17.4 Å². The lowest BCUT2D eigenvalue weighted by atomic mass is 10.2. The number of aryl methyl sites for hydroxylation is 1. The zero-order valence-electron chi connectivity index (χ0n) is 12.5. The Morgan fingerprint density at radius 2 is 1.95 bits per heavy atom. The third-order valence-corrected chi connectivity index (χ3v) is 3.98. The number of hydrogen-bond donors (Lipinski definition) is 0. The summed E-state index contributed by atoms with van der Waals surface area (Å²) in [5, 5.41) is 8.77. The molecule has 0 aromatic carbocycles. The van der Waals surface area contributed by atoms with Gasteiger partial charge in [-0.25, -0.2) is 0 Å². The van der Waals surface area contributed by atoms with Crippen molar-refractivity contribution in [3.05, 3.63) is 35.4 Å². The number of amides is 1. The van der Waals surface area contributed by atoms with E-state index in [9.17, 15) is 4.79 Å². The third kappa shape index (κ3) is 3.66. The van der Waals surface area contributed by atoms with Crippen LogP contribution in [0.2, 0.25) is 5.02 Å². The van der Waals surface area contributed by atoms with Gasteiger partial charge < -0.3 is 4.90 Å². The Hall–Kier alpha value is -1.86. The summed E-state index contributed by atoms with van der Waals surface area (Å²) in [6.07, 6.45) is 7.12. The molecule has 0 saturated carbocycles. The SMILES string of the molecule is Cn1cc(CN2CCN(C(=O)Cn3cc(Cl)cn3)CC2)cn1. The van der Waals surface area contributed by atoms with E-state index < -0.39 is 0 Å².